The molecular formula is C11H20O. The van der Waals surface area contributed by atoms with Crippen molar-refractivity contribution in [3.63, 3.8) is 0 Å². The van der Waals surface area contributed by atoms with E-state index in [0.29, 0.717) is 17.6 Å². The number of ether oxygens (including phenoxy) is 1. The van der Waals surface area contributed by atoms with Gasteiger partial charge in [-0.15, -0.1) is 0 Å². The van der Waals surface area contributed by atoms with Gasteiger partial charge in [-0.3, -0.25) is 0 Å². The van der Waals surface area contributed by atoms with Gasteiger partial charge in [0.05, 0.1) is 12.2 Å². The van der Waals surface area contributed by atoms with Gasteiger partial charge in [0.2, 0.25) is 0 Å². The first kappa shape index (κ1) is 8.55. The Morgan fingerprint density at radius 1 is 1.08 bits per heavy atom. The van der Waals surface area contributed by atoms with Crippen LogP contribution in [0, 0.1) is 11.3 Å². The van der Waals surface area contributed by atoms with Crippen LogP contribution in [-0.4, -0.2) is 12.2 Å². The summed E-state index contributed by atoms with van der Waals surface area (Å²) in [5, 5.41) is 0. The zero-order chi connectivity index (χ0) is 8.77. The lowest BCUT2D eigenvalue weighted by molar-refractivity contribution is -0.0272. The summed E-state index contributed by atoms with van der Waals surface area (Å²) in [5.74, 6) is 0.834. The van der Waals surface area contributed by atoms with Crippen LogP contribution in [0.2, 0.25) is 0 Å². The highest BCUT2D eigenvalue weighted by Gasteiger charge is 2.43. The summed E-state index contributed by atoms with van der Waals surface area (Å²) in [6.45, 7) is 7.08. The van der Waals surface area contributed by atoms with E-state index < -0.39 is 0 Å². The summed E-state index contributed by atoms with van der Waals surface area (Å²) < 4.78 is 6.01. The Morgan fingerprint density at radius 2 is 1.75 bits per heavy atom. The van der Waals surface area contributed by atoms with E-state index in [4.69, 9.17) is 4.74 Å². The molecule has 0 aromatic rings. The molecule has 0 saturated heterocycles. The van der Waals surface area contributed by atoms with E-state index in [-0.39, 0.29) is 0 Å². The first-order chi connectivity index (χ1) is 5.60. The molecule has 0 heterocycles. The van der Waals surface area contributed by atoms with Gasteiger partial charge >= 0.3 is 0 Å². The lowest BCUT2D eigenvalue weighted by Gasteiger charge is -2.31. The van der Waals surface area contributed by atoms with Gasteiger partial charge in [0.25, 0.3) is 0 Å². The maximum absolute atomic E-state index is 6.01. The van der Waals surface area contributed by atoms with E-state index in [1.165, 1.54) is 25.7 Å². The van der Waals surface area contributed by atoms with Crippen molar-refractivity contribution in [2.45, 2.75) is 58.7 Å². The molecule has 2 rings (SSSR count). The highest BCUT2D eigenvalue weighted by Crippen LogP contribution is 2.46. The molecule has 2 fully saturated rings. The first-order valence-corrected chi connectivity index (χ1v) is 5.26. The van der Waals surface area contributed by atoms with Gasteiger partial charge in [0, 0.05) is 0 Å². The predicted octanol–water partition coefficient (Wildman–Crippen LogP) is 2.99. The molecule has 1 nitrogen and oxygen atoms in total. The quantitative estimate of drug-likeness (QED) is 0.616. The molecule has 0 bridgehead atoms. The molecular weight excluding hydrogens is 148 g/mol. The lowest BCUT2D eigenvalue weighted by atomic mass is 9.81. The van der Waals surface area contributed by atoms with Crippen LogP contribution in [0.5, 0.6) is 0 Å². The Kier molecular flexibility index (Phi) is 1.95. The largest absolute Gasteiger partial charge is 0.374 e. The number of hydrogen-bond acceptors (Lipinski definition) is 1. The van der Waals surface area contributed by atoms with Crippen LogP contribution >= 0.6 is 0 Å². The maximum Gasteiger partial charge on any atom is 0.0632 e. The average Bonchev–Trinajstić information content (AvgIpc) is 2.75. The first-order valence-electron chi connectivity index (χ1n) is 5.26. The zero-order valence-corrected chi connectivity index (χ0v) is 8.47. The van der Waals surface area contributed by atoms with Crippen LogP contribution < -0.4 is 0 Å². The minimum absolute atomic E-state index is 0.419. The lowest BCUT2D eigenvalue weighted by Crippen LogP contribution is -2.30. The third-order valence-corrected chi connectivity index (χ3v) is 3.84. The minimum Gasteiger partial charge on any atom is -0.374 e. The van der Waals surface area contributed by atoms with E-state index in [0.717, 1.165) is 5.92 Å². The third kappa shape index (κ3) is 1.39. The third-order valence-electron chi connectivity index (χ3n) is 3.84. The molecule has 0 spiro atoms. The van der Waals surface area contributed by atoms with Gasteiger partial charge < -0.3 is 4.74 Å². The van der Waals surface area contributed by atoms with Gasteiger partial charge in [-0.1, -0.05) is 20.8 Å². The van der Waals surface area contributed by atoms with E-state index in [9.17, 15) is 0 Å². The van der Waals surface area contributed by atoms with Gasteiger partial charge in [-0.25, -0.2) is 0 Å². The maximum atomic E-state index is 6.01. The Bertz CT molecular complexity index is 170. The summed E-state index contributed by atoms with van der Waals surface area (Å²) in [4.78, 5) is 0. The molecule has 70 valence electrons. The summed E-state index contributed by atoms with van der Waals surface area (Å²) in [7, 11) is 0. The van der Waals surface area contributed by atoms with Crippen LogP contribution in [-0.2, 0) is 4.74 Å². The van der Waals surface area contributed by atoms with Crippen molar-refractivity contribution in [2.24, 2.45) is 11.3 Å². The second kappa shape index (κ2) is 2.73. The number of rotatable bonds is 2. The van der Waals surface area contributed by atoms with Crippen molar-refractivity contribution in [3.05, 3.63) is 0 Å². The molecule has 0 radical (unpaired) electrons. The fourth-order valence-electron chi connectivity index (χ4n) is 2.14. The van der Waals surface area contributed by atoms with Gasteiger partial charge in [0.15, 0.2) is 0 Å². The molecule has 0 aromatic heterocycles. The second-order valence-electron chi connectivity index (χ2n) is 5.12. The molecule has 0 aromatic carbocycles. The summed E-state index contributed by atoms with van der Waals surface area (Å²) in [6, 6.07) is 0. The second-order valence-corrected chi connectivity index (χ2v) is 5.12. The monoisotopic (exact) mass is 168 g/mol. The van der Waals surface area contributed by atoms with E-state index in [2.05, 4.69) is 20.8 Å². The minimum atomic E-state index is 0.419. The smallest absolute Gasteiger partial charge is 0.0632 e. The molecule has 2 saturated carbocycles. The molecule has 0 N–H and O–H groups in total. The molecule has 12 heavy (non-hydrogen) atoms. The molecule has 1 unspecified atom stereocenters. The van der Waals surface area contributed by atoms with Crippen LogP contribution in [0.1, 0.15) is 46.5 Å². The molecule has 1 heteroatoms. The zero-order valence-electron chi connectivity index (χ0n) is 8.47. The van der Waals surface area contributed by atoms with E-state index in [1.807, 2.05) is 0 Å². The van der Waals surface area contributed by atoms with Crippen molar-refractivity contribution in [1.29, 1.82) is 0 Å². The fraction of sp³-hybridized carbons (Fsp3) is 1.00. The average molecular weight is 168 g/mol. The molecule has 0 aliphatic heterocycles. The van der Waals surface area contributed by atoms with E-state index >= 15 is 0 Å². The highest BCUT2D eigenvalue weighted by atomic mass is 16.5. The van der Waals surface area contributed by atoms with Crippen LogP contribution in [0.3, 0.4) is 0 Å². The Labute approximate surface area is 75.5 Å². The van der Waals surface area contributed by atoms with Gasteiger partial charge in [-0.2, -0.15) is 0 Å². The topological polar surface area (TPSA) is 9.23 Å². The van der Waals surface area contributed by atoms with Gasteiger partial charge in [0.1, 0.15) is 0 Å². The normalized spacial score (nSPS) is 40.2. The molecule has 2 aliphatic carbocycles. The molecule has 2 aliphatic rings. The van der Waals surface area contributed by atoms with Crippen molar-refractivity contribution in [2.75, 3.05) is 0 Å². The summed E-state index contributed by atoms with van der Waals surface area (Å²) in [6.07, 6.45) is 6.41. The summed E-state index contributed by atoms with van der Waals surface area (Å²) in [5.41, 5.74) is 0.419. The standard InChI is InChI=1S/C11H20O/c1-8-4-7-10(11(8,2)3)12-9-5-6-9/h8-10H,4-7H2,1-3H3/t8?,10-/m0/s1. The van der Waals surface area contributed by atoms with Crippen molar-refractivity contribution in [3.8, 4) is 0 Å². The van der Waals surface area contributed by atoms with Crippen LogP contribution in [0.25, 0.3) is 0 Å². The predicted molar refractivity (Wildman–Crippen MR) is 50.1 cm³/mol. The Hall–Kier alpha value is -0.0400. The van der Waals surface area contributed by atoms with Crippen molar-refractivity contribution < 1.29 is 4.74 Å². The number of hydrogen-bond donors (Lipinski definition) is 0. The van der Waals surface area contributed by atoms with Crippen molar-refractivity contribution >= 4 is 0 Å². The van der Waals surface area contributed by atoms with Crippen LogP contribution in [0.15, 0.2) is 0 Å². The summed E-state index contributed by atoms with van der Waals surface area (Å²) >= 11 is 0. The molecule has 2 atom stereocenters. The Balaban J connectivity index is 1.96. The SMILES string of the molecule is CC1CC[C@H](OC2CC2)C1(C)C. The van der Waals surface area contributed by atoms with Gasteiger partial charge in [-0.05, 0) is 37.0 Å². The Morgan fingerprint density at radius 3 is 2.17 bits per heavy atom. The molecule has 0 amide bonds. The highest BCUT2D eigenvalue weighted by molar-refractivity contribution is 4.92. The van der Waals surface area contributed by atoms with Crippen LogP contribution in [0.4, 0.5) is 0 Å². The van der Waals surface area contributed by atoms with Crippen molar-refractivity contribution in [1.82, 2.24) is 0 Å². The fourth-order valence-corrected chi connectivity index (χ4v) is 2.14. The van der Waals surface area contributed by atoms with E-state index in [1.54, 1.807) is 0 Å².